The van der Waals surface area contributed by atoms with Crippen molar-refractivity contribution in [2.24, 2.45) is 0 Å². The Morgan fingerprint density at radius 2 is 0.602 bits per heavy atom. The first kappa shape index (κ1) is 65.6. The first-order valence-electron chi connectivity index (χ1n) is 37.6. The molecule has 0 radical (unpaired) electrons. The highest BCUT2D eigenvalue weighted by Gasteiger charge is 2.55. The van der Waals surface area contributed by atoms with E-state index in [0.29, 0.717) is 39.3 Å². The van der Waals surface area contributed by atoms with Crippen molar-refractivity contribution in [3.8, 4) is 46.0 Å². The van der Waals surface area contributed by atoms with E-state index in [9.17, 15) is 0 Å². The summed E-state index contributed by atoms with van der Waals surface area (Å²) in [7, 11) is 0. The Kier molecular flexibility index (Phi) is 16.4. The van der Waals surface area contributed by atoms with Crippen LogP contribution < -0.4 is 33.2 Å². The van der Waals surface area contributed by atoms with Crippen molar-refractivity contribution >= 4 is 11.8 Å². The first-order valence-corrected chi connectivity index (χ1v) is 38.4. The van der Waals surface area contributed by atoms with Crippen LogP contribution in [0.5, 0.6) is 46.0 Å². The second kappa shape index (κ2) is 26.9. The maximum atomic E-state index is 6.65. The summed E-state index contributed by atoms with van der Waals surface area (Å²) in [5.41, 5.74) is 14.6. The average Bonchev–Trinajstić information content (AvgIpc) is 0.957. The number of fused-ring (bicyclic) bond motifs is 6. The zero-order chi connectivity index (χ0) is 71.3. The van der Waals surface area contributed by atoms with E-state index in [1.165, 1.54) is 54.3 Å². The van der Waals surface area contributed by atoms with Gasteiger partial charge in [-0.05, 0) is 170 Å². The van der Waals surface area contributed by atoms with Crippen LogP contribution in [0.2, 0.25) is 0 Å². The highest BCUT2D eigenvalue weighted by Crippen LogP contribution is 2.59. The number of para-hydroxylation sites is 2. The third kappa shape index (κ3) is 11.7. The molecule has 108 heavy (non-hydrogen) atoms. The summed E-state index contributed by atoms with van der Waals surface area (Å²) in [6.07, 6.45) is 1.35. The second-order valence-corrected chi connectivity index (χ2v) is 30.5. The van der Waals surface area contributed by atoms with Gasteiger partial charge in [0.05, 0.1) is 41.7 Å². The zero-order valence-electron chi connectivity index (χ0n) is 59.1. The highest BCUT2D eigenvalue weighted by atomic mass is 32.2. The topological polar surface area (TPSA) is 133 Å². The molecular formula is C94H76O13S. The van der Waals surface area contributed by atoms with E-state index in [1.807, 2.05) is 48.2 Å². The van der Waals surface area contributed by atoms with E-state index in [1.54, 1.807) is 0 Å². The molecule has 6 fully saturated rings. The van der Waals surface area contributed by atoms with Gasteiger partial charge in [-0.1, -0.05) is 206 Å². The number of hydrogen-bond donors (Lipinski definition) is 0. The van der Waals surface area contributed by atoms with Crippen molar-refractivity contribution in [3.63, 3.8) is 0 Å². The van der Waals surface area contributed by atoms with Gasteiger partial charge in [-0.15, -0.1) is 0 Å². The van der Waals surface area contributed by atoms with Crippen molar-refractivity contribution in [2.45, 2.75) is 107 Å². The van der Waals surface area contributed by atoms with Crippen LogP contribution in [-0.4, -0.2) is 101 Å². The fourth-order valence-corrected chi connectivity index (χ4v) is 18.7. The summed E-state index contributed by atoms with van der Waals surface area (Å²) in [4.78, 5) is 2.46. The Hall–Kier alpha value is -10.7. The number of rotatable bonds is 24. The highest BCUT2D eigenvalue weighted by molar-refractivity contribution is 7.99. The van der Waals surface area contributed by atoms with Crippen LogP contribution in [0.25, 0.3) is 0 Å². The van der Waals surface area contributed by atoms with Crippen molar-refractivity contribution in [2.75, 3.05) is 39.6 Å². The Bertz CT molecular complexity index is 5170. The lowest BCUT2D eigenvalue weighted by Crippen LogP contribution is -2.45. The van der Waals surface area contributed by atoms with Gasteiger partial charge in [0.2, 0.25) is 12.6 Å². The Morgan fingerprint density at radius 3 is 0.972 bits per heavy atom. The second-order valence-electron chi connectivity index (χ2n) is 29.4. The molecule has 8 aliphatic heterocycles. The van der Waals surface area contributed by atoms with Gasteiger partial charge >= 0.3 is 0 Å². The number of ether oxygens (including phenoxy) is 13. The van der Waals surface area contributed by atoms with Crippen LogP contribution in [0.4, 0.5) is 0 Å². The molecule has 12 aromatic rings. The maximum Gasteiger partial charge on any atom is 0.202 e. The van der Waals surface area contributed by atoms with Crippen molar-refractivity contribution < 1.29 is 61.6 Å². The van der Waals surface area contributed by atoms with Crippen molar-refractivity contribution in [3.05, 3.63) is 369 Å². The van der Waals surface area contributed by atoms with Crippen LogP contribution in [0, 0.1) is 0 Å². The Morgan fingerprint density at radius 1 is 0.306 bits per heavy atom. The van der Waals surface area contributed by atoms with E-state index in [2.05, 4.69) is 255 Å². The van der Waals surface area contributed by atoms with Gasteiger partial charge in [0.1, 0.15) is 109 Å². The molecule has 10 unspecified atom stereocenters. The first-order chi connectivity index (χ1) is 53.4. The standard InChI is InChI=1S/C94H76O13S/c1-3-15-74-58(13-1)49-59-14-2-4-16-75(59)92(74,60-25-37-66(38-26-60)95-52-72-54-97-72)61-27-41-68(42-28-61)99-56-84-90(106-84)82-50-88(104-82)101-70-45-33-63(34-46-70)93(76-17-5-9-21-80(76)103-81-22-10-6-18-77(81)93)62-29-43-69(44-30-62)100-57-85-91(107-85)83-51-89(105-83)102-71-47-35-65(36-48-71)94(64-31-39-67(40-32-64)96-53-73-55-98-73)78-19-7-11-23-86(78)108-87-24-12-8-20-79(87)94/h1-48,72-73,82-85,88-91H,49-57H2. The summed E-state index contributed by atoms with van der Waals surface area (Å²) in [6.45, 7) is 3.44. The summed E-state index contributed by atoms with van der Waals surface area (Å²) in [5, 5.41) is 0. The molecule has 14 heteroatoms. The molecule has 21 rings (SSSR count). The molecule has 0 N–H and O–H groups in total. The zero-order valence-corrected chi connectivity index (χ0v) is 59.9. The minimum atomic E-state index is -0.746. The molecule has 9 aliphatic rings. The van der Waals surface area contributed by atoms with E-state index >= 15 is 0 Å². The van der Waals surface area contributed by atoms with Gasteiger partial charge in [-0.3, -0.25) is 0 Å². The van der Waals surface area contributed by atoms with Gasteiger partial charge < -0.3 is 61.6 Å². The summed E-state index contributed by atoms with van der Waals surface area (Å²) >= 11 is 1.82. The average molecular weight is 1450 g/mol. The van der Waals surface area contributed by atoms with Crippen LogP contribution in [0.15, 0.2) is 301 Å². The molecule has 0 aromatic heterocycles. The maximum absolute atomic E-state index is 6.65. The van der Waals surface area contributed by atoms with E-state index in [-0.39, 0.29) is 55.1 Å². The van der Waals surface area contributed by atoms with Crippen LogP contribution >= 0.6 is 11.8 Å². The number of hydrogen-bond acceptors (Lipinski definition) is 14. The molecular weight excluding hydrogens is 1370 g/mol. The molecule has 0 amide bonds. The predicted molar refractivity (Wildman–Crippen MR) is 408 cm³/mol. The van der Waals surface area contributed by atoms with Gasteiger partial charge in [-0.2, -0.15) is 0 Å². The van der Waals surface area contributed by atoms with Gasteiger partial charge in [0, 0.05) is 33.8 Å². The van der Waals surface area contributed by atoms with E-state index in [4.69, 9.17) is 61.6 Å². The van der Waals surface area contributed by atoms with Crippen molar-refractivity contribution in [1.29, 1.82) is 0 Å². The third-order valence-corrected chi connectivity index (χ3v) is 24.2. The molecule has 6 saturated heterocycles. The third-order valence-electron chi connectivity index (χ3n) is 23.1. The monoisotopic (exact) mass is 1440 g/mol. The van der Waals surface area contributed by atoms with Crippen LogP contribution in [0.3, 0.4) is 0 Å². The molecule has 13 nitrogen and oxygen atoms in total. The van der Waals surface area contributed by atoms with Crippen molar-refractivity contribution in [1.82, 2.24) is 0 Å². The smallest absolute Gasteiger partial charge is 0.202 e. The molecule has 12 aromatic carbocycles. The van der Waals surface area contributed by atoms with E-state index in [0.717, 1.165) is 99.0 Å². The molecule has 536 valence electrons. The van der Waals surface area contributed by atoms with Crippen LogP contribution in [-0.2, 0) is 51.1 Å². The fourth-order valence-electron chi connectivity index (χ4n) is 17.5. The Labute approximate surface area is 631 Å². The molecule has 0 spiro atoms. The SMILES string of the molecule is c1ccc2c(c1)Cc1ccccc1C2(c1ccc(OCC2CO2)cc1)c1ccc(OCC2OC2C2CC(Oc3ccc(C4(c5ccc(OCC6OC6C6CC(Oc7ccc(C8(c9ccc(OCC%10CO%10)cc9)c9ccccc9Sc9ccccc98)cc7)O6)cc5)c5ccccc5Oc5ccccc54)cc3)O2)cc1. The number of benzene rings is 12. The minimum absolute atomic E-state index is 0.0720. The molecule has 0 saturated carbocycles. The minimum Gasteiger partial charge on any atom is -0.491 e. The molecule has 10 atom stereocenters. The predicted octanol–water partition coefficient (Wildman–Crippen LogP) is 17.5. The largest absolute Gasteiger partial charge is 0.491 e. The molecule has 1 aliphatic carbocycles. The lowest BCUT2D eigenvalue weighted by atomic mass is 9.60. The molecule has 0 bridgehead atoms. The summed E-state index contributed by atoms with van der Waals surface area (Å²) < 4.78 is 80.8. The van der Waals surface area contributed by atoms with E-state index < -0.39 is 22.5 Å². The normalized spacial score (nSPS) is 23.9. The number of epoxide rings is 4. The van der Waals surface area contributed by atoms with Gasteiger partial charge in [-0.25, -0.2) is 0 Å². The molecule has 8 heterocycles. The quantitative estimate of drug-likeness (QED) is 0.0531. The fraction of sp³-hybridized carbons (Fsp3) is 0.234. The Balaban J connectivity index is 0.451. The lowest BCUT2D eigenvalue weighted by molar-refractivity contribution is -0.222. The lowest BCUT2D eigenvalue weighted by Gasteiger charge is -2.42. The van der Waals surface area contributed by atoms with Gasteiger partial charge in [0.25, 0.3) is 0 Å². The van der Waals surface area contributed by atoms with Crippen LogP contribution in [0.1, 0.15) is 90.7 Å². The summed E-state index contributed by atoms with van der Waals surface area (Å²) in [5.74, 6) is 6.26. The summed E-state index contributed by atoms with van der Waals surface area (Å²) in [6, 6.07) is 103. The van der Waals surface area contributed by atoms with Gasteiger partial charge in [0.15, 0.2) is 0 Å².